The van der Waals surface area contributed by atoms with Crippen LogP contribution in [0.3, 0.4) is 0 Å². The van der Waals surface area contributed by atoms with E-state index in [1.807, 2.05) is 0 Å². The number of hydrogen-bond donors (Lipinski definition) is 2. The molecule has 0 amide bonds. The Balaban J connectivity index is 3.47. The van der Waals surface area contributed by atoms with E-state index in [0.29, 0.717) is 0 Å². The fourth-order valence-electron chi connectivity index (χ4n) is 1.48. The highest BCUT2D eigenvalue weighted by atomic mass is 19.4. The van der Waals surface area contributed by atoms with Crippen molar-refractivity contribution in [1.82, 2.24) is 0 Å². The maximum atomic E-state index is 12.6. The monoisotopic (exact) mass is 299 g/mol. The summed E-state index contributed by atoms with van der Waals surface area (Å²) >= 11 is 0. The molecule has 20 heavy (non-hydrogen) atoms. The molecule has 1 aromatic carbocycles. The molecule has 1 aromatic rings. The van der Waals surface area contributed by atoms with Crippen molar-refractivity contribution >= 4 is 0 Å². The first-order valence-electron chi connectivity index (χ1n) is 5.02. The van der Waals surface area contributed by atoms with Gasteiger partial charge in [-0.2, -0.15) is 31.6 Å². The first-order valence-corrected chi connectivity index (χ1v) is 5.02. The average molecular weight is 299 g/mol. The average Bonchev–Trinajstić information content (AvgIpc) is 2.34. The maximum Gasteiger partial charge on any atom is 0.416 e. The lowest BCUT2D eigenvalue weighted by Gasteiger charge is -2.20. The molecular formula is C11H7F6NO2. The second-order valence-electron chi connectivity index (χ2n) is 3.82. The lowest BCUT2D eigenvalue weighted by molar-refractivity contribution is -0.143. The summed E-state index contributed by atoms with van der Waals surface area (Å²) < 4.78 is 75.3. The van der Waals surface area contributed by atoms with Crippen LogP contribution in [0, 0.1) is 11.3 Å². The Hall–Kier alpha value is -1.79. The van der Waals surface area contributed by atoms with Crippen LogP contribution in [-0.4, -0.2) is 16.3 Å². The molecule has 0 fully saturated rings. The van der Waals surface area contributed by atoms with Crippen LogP contribution in [0.2, 0.25) is 0 Å². The molecule has 0 saturated carbocycles. The molecular weight excluding hydrogens is 292 g/mol. The summed E-state index contributed by atoms with van der Waals surface area (Å²) in [6.45, 7) is 0. The highest BCUT2D eigenvalue weighted by Gasteiger charge is 2.39. The van der Waals surface area contributed by atoms with Gasteiger partial charge in [0.15, 0.2) is 6.10 Å². The smallest absolute Gasteiger partial charge is 0.385 e. The molecule has 0 bridgehead atoms. The predicted octanol–water partition coefficient (Wildman–Crippen LogP) is 2.64. The number of nitrogens with zero attached hydrogens (tertiary/aromatic N) is 1. The zero-order valence-electron chi connectivity index (χ0n) is 9.50. The fraction of sp³-hybridized carbons (Fsp3) is 0.364. The molecule has 0 aromatic heterocycles. The van der Waals surface area contributed by atoms with E-state index in [9.17, 15) is 31.4 Å². The molecule has 1 rings (SSSR count). The third-order valence-corrected chi connectivity index (χ3v) is 2.43. The minimum atomic E-state index is -5.03. The molecule has 0 saturated heterocycles. The summed E-state index contributed by atoms with van der Waals surface area (Å²) in [5, 5.41) is 26.7. The van der Waals surface area contributed by atoms with Gasteiger partial charge < -0.3 is 10.2 Å². The highest BCUT2D eigenvalue weighted by molar-refractivity contribution is 5.38. The standard InChI is InChI=1S/C11H7F6NO2/c12-10(13,14)5-1-2-7(11(15,16)17)6(3-5)9(20)8(19)4-18/h1-3,8-9,19-20H. The molecule has 0 aliphatic rings. The topological polar surface area (TPSA) is 64.2 Å². The number of aliphatic hydroxyl groups excluding tert-OH is 2. The van der Waals surface area contributed by atoms with Crippen LogP contribution >= 0.6 is 0 Å². The van der Waals surface area contributed by atoms with E-state index >= 15 is 0 Å². The molecule has 0 aliphatic carbocycles. The van der Waals surface area contributed by atoms with E-state index in [1.54, 1.807) is 0 Å². The van der Waals surface area contributed by atoms with Gasteiger partial charge in [-0.15, -0.1) is 0 Å². The summed E-state index contributed by atoms with van der Waals surface area (Å²) in [6.07, 6.45) is -14.6. The van der Waals surface area contributed by atoms with Crippen LogP contribution in [-0.2, 0) is 12.4 Å². The number of alkyl halides is 6. The Kier molecular flexibility index (Phi) is 4.31. The van der Waals surface area contributed by atoms with Gasteiger partial charge in [0.05, 0.1) is 17.2 Å². The van der Waals surface area contributed by atoms with Crippen molar-refractivity contribution < 1.29 is 36.6 Å². The molecule has 3 nitrogen and oxygen atoms in total. The third-order valence-electron chi connectivity index (χ3n) is 2.43. The Morgan fingerprint density at radius 1 is 1.00 bits per heavy atom. The SMILES string of the molecule is N#CC(O)C(O)c1cc(C(F)(F)F)ccc1C(F)(F)F. The van der Waals surface area contributed by atoms with Crippen molar-refractivity contribution in [2.24, 2.45) is 0 Å². The van der Waals surface area contributed by atoms with Crippen molar-refractivity contribution in [2.45, 2.75) is 24.6 Å². The van der Waals surface area contributed by atoms with E-state index in [1.165, 1.54) is 0 Å². The molecule has 110 valence electrons. The van der Waals surface area contributed by atoms with E-state index in [4.69, 9.17) is 10.4 Å². The van der Waals surface area contributed by atoms with E-state index in [2.05, 4.69) is 0 Å². The lowest BCUT2D eigenvalue weighted by Crippen LogP contribution is -2.21. The summed E-state index contributed by atoms with van der Waals surface area (Å²) in [7, 11) is 0. The number of halogens is 6. The molecule has 0 spiro atoms. The van der Waals surface area contributed by atoms with E-state index < -0.39 is 41.3 Å². The van der Waals surface area contributed by atoms with Crippen LogP contribution < -0.4 is 0 Å². The first kappa shape index (κ1) is 16.3. The normalized spacial score (nSPS) is 15.6. The lowest BCUT2D eigenvalue weighted by atomic mass is 9.96. The van der Waals surface area contributed by atoms with Gasteiger partial charge in [-0.1, -0.05) is 0 Å². The Morgan fingerprint density at radius 2 is 1.55 bits per heavy atom. The number of rotatable bonds is 2. The van der Waals surface area contributed by atoms with Gasteiger partial charge in [-0.3, -0.25) is 0 Å². The van der Waals surface area contributed by atoms with Crippen molar-refractivity contribution in [1.29, 1.82) is 5.26 Å². The Bertz CT molecular complexity index is 531. The molecule has 2 unspecified atom stereocenters. The van der Waals surface area contributed by atoms with Gasteiger partial charge in [0, 0.05) is 0 Å². The second kappa shape index (κ2) is 5.30. The minimum absolute atomic E-state index is 0.0635. The molecule has 0 aliphatic heterocycles. The number of hydrogen-bond acceptors (Lipinski definition) is 3. The van der Waals surface area contributed by atoms with Gasteiger partial charge in [0.2, 0.25) is 0 Å². The molecule has 0 radical (unpaired) electrons. The van der Waals surface area contributed by atoms with Crippen LogP contribution in [0.4, 0.5) is 26.3 Å². The quantitative estimate of drug-likeness (QED) is 0.652. The third kappa shape index (κ3) is 3.40. The summed E-state index contributed by atoms with van der Waals surface area (Å²) in [4.78, 5) is 0. The number of benzene rings is 1. The van der Waals surface area contributed by atoms with Crippen LogP contribution in [0.5, 0.6) is 0 Å². The first-order chi connectivity index (χ1) is 8.98. The van der Waals surface area contributed by atoms with Crippen LogP contribution in [0.15, 0.2) is 18.2 Å². The van der Waals surface area contributed by atoms with Crippen molar-refractivity contribution in [2.75, 3.05) is 0 Å². The van der Waals surface area contributed by atoms with E-state index in [0.717, 1.165) is 6.07 Å². The van der Waals surface area contributed by atoms with Crippen molar-refractivity contribution in [3.8, 4) is 6.07 Å². The van der Waals surface area contributed by atoms with E-state index in [-0.39, 0.29) is 18.2 Å². The highest BCUT2D eigenvalue weighted by Crippen LogP contribution is 2.39. The zero-order valence-corrected chi connectivity index (χ0v) is 9.50. The maximum absolute atomic E-state index is 12.6. The Morgan fingerprint density at radius 3 is 1.95 bits per heavy atom. The fourth-order valence-corrected chi connectivity index (χ4v) is 1.48. The van der Waals surface area contributed by atoms with Gasteiger partial charge in [-0.05, 0) is 23.8 Å². The zero-order chi connectivity index (χ0) is 15.7. The minimum Gasteiger partial charge on any atom is -0.385 e. The largest absolute Gasteiger partial charge is 0.416 e. The van der Waals surface area contributed by atoms with Gasteiger partial charge >= 0.3 is 12.4 Å². The molecule has 2 N–H and O–H groups in total. The van der Waals surface area contributed by atoms with Crippen LogP contribution in [0.1, 0.15) is 22.8 Å². The van der Waals surface area contributed by atoms with Crippen molar-refractivity contribution in [3.05, 3.63) is 34.9 Å². The second-order valence-corrected chi connectivity index (χ2v) is 3.82. The van der Waals surface area contributed by atoms with Gasteiger partial charge in [-0.25, -0.2) is 0 Å². The molecule has 2 atom stereocenters. The van der Waals surface area contributed by atoms with Gasteiger partial charge in [0.1, 0.15) is 6.10 Å². The Labute approximate surface area is 108 Å². The molecule has 9 heteroatoms. The summed E-state index contributed by atoms with van der Waals surface area (Å²) in [5.74, 6) is 0. The van der Waals surface area contributed by atoms with Gasteiger partial charge in [0.25, 0.3) is 0 Å². The van der Waals surface area contributed by atoms with Crippen molar-refractivity contribution in [3.63, 3.8) is 0 Å². The number of nitriles is 1. The predicted molar refractivity (Wildman–Crippen MR) is 53.0 cm³/mol. The molecule has 0 heterocycles. The number of aliphatic hydroxyl groups is 2. The van der Waals surface area contributed by atoms with Crippen LogP contribution in [0.25, 0.3) is 0 Å². The summed E-state index contributed by atoms with van der Waals surface area (Å²) in [5.41, 5.74) is -4.18. The summed E-state index contributed by atoms with van der Waals surface area (Å²) in [6, 6.07) is 1.47.